The van der Waals surface area contributed by atoms with Crippen molar-refractivity contribution in [1.82, 2.24) is 5.32 Å². The number of nitrogens with two attached hydrogens (primary N) is 1. The van der Waals surface area contributed by atoms with Gasteiger partial charge < -0.3 is 11.1 Å². The van der Waals surface area contributed by atoms with Crippen LogP contribution in [-0.4, -0.2) is 17.5 Å². The van der Waals surface area contributed by atoms with Gasteiger partial charge in [0, 0.05) is 6.04 Å². The Morgan fingerprint density at radius 2 is 1.83 bits per heavy atom. The fraction of sp³-hybridized carbons (Fsp3) is 0.933. The van der Waals surface area contributed by atoms with E-state index in [1.54, 1.807) is 0 Å². The molecule has 3 N–H and O–H groups in total. The van der Waals surface area contributed by atoms with Gasteiger partial charge in [-0.05, 0) is 57.3 Å². The molecule has 2 aliphatic rings. The van der Waals surface area contributed by atoms with Gasteiger partial charge in [-0.3, -0.25) is 4.79 Å². The maximum atomic E-state index is 12.2. The van der Waals surface area contributed by atoms with Crippen LogP contribution in [0.25, 0.3) is 0 Å². The molecule has 3 nitrogen and oxygen atoms in total. The predicted molar refractivity (Wildman–Crippen MR) is 74.1 cm³/mol. The molecule has 1 atom stereocenters. The van der Waals surface area contributed by atoms with Crippen molar-refractivity contribution in [2.75, 3.05) is 0 Å². The van der Waals surface area contributed by atoms with Crippen molar-refractivity contribution in [3.05, 3.63) is 0 Å². The zero-order chi connectivity index (χ0) is 13.2. The van der Waals surface area contributed by atoms with Crippen LogP contribution in [0.4, 0.5) is 0 Å². The summed E-state index contributed by atoms with van der Waals surface area (Å²) in [4.78, 5) is 12.2. The number of amides is 1. The maximum Gasteiger partial charge on any atom is 0.240 e. The number of carbonyl (C=O) groups excluding carboxylic acids is 1. The number of rotatable bonds is 5. The highest BCUT2D eigenvalue weighted by molar-refractivity contribution is 5.86. The van der Waals surface area contributed by atoms with Crippen molar-refractivity contribution in [3.63, 3.8) is 0 Å². The zero-order valence-electron chi connectivity index (χ0n) is 11.9. The SMILES string of the molecule is CCCC1CCC(NC(=O)C(C)(N)C2CC2)CC1. The van der Waals surface area contributed by atoms with Crippen molar-refractivity contribution < 1.29 is 4.79 Å². The molecule has 2 fully saturated rings. The van der Waals surface area contributed by atoms with E-state index in [2.05, 4.69) is 12.2 Å². The lowest BCUT2D eigenvalue weighted by Crippen LogP contribution is -2.56. The van der Waals surface area contributed by atoms with Gasteiger partial charge in [0.05, 0.1) is 5.54 Å². The molecule has 2 aliphatic carbocycles. The highest BCUT2D eigenvalue weighted by Crippen LogP contribution is 2.38. The molecule has 3 heteroatoms. The van der Waals surface area contributed by atoms with Gasteiger partial charge >= 0.3 is 0 Å². The topological polar surface area (TPSA) is 55.1 Å². The van der Waals surface area contributed by atoms with E-state index in [4.69, 9.17) is 5.73 Å². The third-order valence-corrected chi connectivity index (χ3v) is 4.79. The maximum absolute atomic E-state index is 12.2. The third-order valence-electron chi connectivity index (χ3n) is 4.79. The molecule has 104 valence electrons. The van der Waals surface area contributed by atoms with Crippen LogP contribution in [-0.2, 0) is 4.79 Å². The first-order chi connectivity index (χ1) is 8.54. The Labute approximate surface area is 111 Å². The predicted octanol–water partition coefficient (Wildman–Crippen LogP) is 2.59. The van der Waals surface area contributed by atoms with E-state index >= 15 is 0 Å². The van der Waals surface area contributed by atoms with Crippen LogP contribution in [0.15, 0.2) is 0 Å². The molecule has 18 heavy (non-hydrogen) atoms. The minimum Gasteiger partial charge on any atom is -0.352 e. The van der Waals surface area contributed by atoms with Crippen LogP contribution < -0.4 is 11.1 Å². The Hall–Kier alpha value is -0.570. The van der Waals surface area contributed by atoms with Gasteiger partial charge in [-0.25, -0.2) is 0 Å². The summed E-state index contributed by atoms with van der Waals surface area (Å²) in [6.45, 7) is 4.14. The molecule has 0 aliphatic heterocycles. The van der Waals surface area contributed by atoms with E-state index in [-0.39, 0.29) is 5.91 Å². The van der Waals surface area contributed by atoms with Gasteiger partial charge in [-0.2, -0.15) is 0 Å². The summed E-state index contributed by atoms with van der Waals surface area (Å²) < 4.78 is 0. The zero-order valence-corrected chi connectivity index (χ0v) is 11.9. The smallest absolute Gasteiger partial charge is 0.240 e. The van der Waals surface area contributed by atoms with Crippen molar-refractivity contribution in [1.29, 1.82) is 0 Å². The first-order valence-electron chi connectivity index (χ1n) is 7.63. The second-order valence-electron chi connectivity index (χ2n) is 6.54. The highest BCUT2D eigenvalue weighted by Gasteiger charge is 2.44. The van der Waals surface area contributed by atoms with E-state index in [1.807, 2.05) is 6.92 Å². The van der Waals surface area contributed by atoms with Crippen LogP contribution in [0.1, 0.15) is 65.2 Å². The molecule has 1 amide bonds. The van der Waals surface area contributed by atoms with Crippen molar-refractivity contribution >= 4 is 5.91 Å². The molecule has 0 spiro atoms. The summed E-state index contributed by atoms with van der Waals surface area (Å²) in [6, 6.07) is 0.368. The van der Waals surface area contributed by atoms with Crippen LogP contribution in [0.2, 0.25) is 0 Å². The summed E-state index contributed by atoms with van der Waals surface area (Å²) >= 11 is 0. The van der Waals surface area contributed by atoms with E-state index in [0.717, 1.165) is 31.6 Å². The molecule has 0 aromatic heterocycles. The largest absolute Gasteiger partial charge is 0.352 e. The summed E-state index contributed by atoms with van der Waals surface area (Å²) in [7, 11) is 0. The Kier molecular flexibility index (Phi) is 4.31. The monoisotopic (exact) mass is 252 g/mol. The summed E-state index contributed by atoms with van der Waals surface area (Å²) in [5.41, 5.74) is 5.51. The molecule has 1 unspecified atom stereocenters. The van der Waals surface area contributed by atoms with Crippen molar-refractivity contribution in [2.24, 2.45) is 17.6 Å². The van der Waals surface area contributed by atoms with E-state index in [9.17, 15) is 4.79 Å². The summed E-state index contributed by atoms with van der Waals surface area (Å²) in [5.74, 6) is 1.37. The Morgan fingerprint density at radius 3 is 2.33 bits per heavy atom. The average Bonchev–Trinajstić information content (AvgIpc) is 3.16. The first kappa shape index (κ1) is 13.9. The first-order valence-corrected chi connectivity index (χ1v) is 7.63. The van der Waals surface area contributed by atoms with Gasteiger partial charge in [0.2, 0.25) is 5.91 Å². The molecule has 2 rings (SSSR count). The third kappa shape index (κ3) is 3.25. The summed E-state index contributed by atoms with van der Waals surface area (Å²) in [5, 5.41) is 3.18. The van der Waals surface area contributed by atoms with Gasteiger partial charge in [0.1, 0.15) is 0 Å². The highest BCUT2D eigenvalue weighted by atomic mass is 16.2. The lowest BCUT2D eigenvalue weighted by molar-refractivity contribution is -0.127. The number of carbonyl (C=O) groups is 1. The average molecular weight is 252 g/mol. The Balaban J connectivity index is 1.75. The quantitative estimate of drug-likeness (QED) is 0.790. The number of hydrogen-bond acceptors (Lipinski definition) is 2. The molecule has 0 radical (unpaired) electrons. The Bertz CT molecular complexity index is 289. The number of nitrogens with one attached hydrogen (secondary N) is 1. The molecular weight excluding hydrogens is 224 g/mol. The van der Waals surface area contributed by atoms with Gasteiger partial charge in [0.15, 0.2) is 0 Å². The second-order valence-corrected chi connectivity index (χ2v) is 6.54. The lowest BCUT2D eigenvalue weighted by Gasteiger charge is -2.32. The van der Waals surface area contributed by atoms with Crippen LogP contribution in [0.5, 0.6) is 0 Å². The fourth-order valence-electron chi connectivity index (χ4n) is 3.21. The molecule has 0 saturated heterocycles. The number of hydrogen-bond donors (Lipinski definition) is 2. The fourth-order valence-corrected chi connectivity index (χ4v) is 3.21. The second kappa shape index (κ2) is 5.60. The standard InChI is InChI=1S/C15H28N2O/c1-3-4-11-5-9-13(10-6-11)17-14(18)15(2,16)12-7-8-12/h11-13H,3-10,16H2,1-2H3,(H,17,18). The molecule has 0 heterocycles. The molecule has 0 aromatic carbocycles. The van der Waals surface area contributed by atoms with Crippen molar-refractivity contribution in [3.8, 4) is 0 Å². The van der Waals surface area contributed by atoms with E-state index in [0.29, 0.717) is 12.0 Å². The minimum absolute atomic E-state index is 0.0731. The molecule has 2 saturated carbocycles. The van der Waals surface area contributed by atoms with Crippen LogP contribution >= 0.6 is 0 Å². The van der Waals surface area contributed by atoms with Crippen LogP contribution in [0.3, 0.4) is 0 Å². The Morgan fingerprint density at radius 1 is 1.22 bits per heavy atom. The normalized spacial score (nSPS) is 31.7. The van der Waals surface area contributed by atoms with Crippen LogP contribution in [0, 0.1) is 11.8 Å². The van der Waals surface area contributed by atoms with Crippen molar-refractivity contribution in [2.45, 2.75) is 76.8 Å². The van der Waals surface area contributed by atoms with Gasteiger partial charge in [-0.15, -0.1) is 0 Å². The van der Waals surface area contributed by atoms with E-state index < -0.39 is 5.54 Å². The minimum atomic E-state index is -0.639. The van der Waals surface area contributed by atoms with Gasteiger partial charge in [0.25, 0.3) is 0 Å². The lowest BCUT2D eigenvalue weighted by atomic mass is 9.83. The molecule has 0 aromatic rings. The van der Waals surface area contributed by atoms with E-state index in [1.165, 1.54) is 25.7 Å². The van der Waals surface area contributed by atoms with Gasteiger partial charge in [-0.1, -0.05) is 19.8 Å². The molecule has 0 bridgehead atoms. The molecular formula is C15H28N2O. The summed E-state index contributed by atoms with van der Waals surface area (Å²) in [6.07, 6.45) is 9.66.